The van der Waals surface area contributed by atoms with E-state index in [1.54, 1.807) is 6.07 Å². The fourth-order valence-corrected chi connectivity index (χ4v) is 4.68. The Kier molecular flexibility index (Phi) is 8.31. The highest BCUT2D eigenvalue weighted by molar-refractivity contribution is 7.99. The lowest BCUT2D eigenvalue weighted by molar-refractivity contribution is -0.113. The van der Waals surface area contributed by atoms with Crippen LogP contribution < -0.4 is 15.0 Å². The molecular formula is C24H28ClN5O3S. The number of ether oxygens (including phenoxy) is 2. The van der Waals surface area contributed by atoms with Crippen LogP contribution in [0.4, 0.5) is 11.4 Å². The number of para-hydroxylation sites is 1. The van der Waals surface area contributed by atoms with E-state index < -0.39 is 0 Å². The van der Waals surface area contributed by atoms with Crippen LogP contribution in [-0.4, -0.2) is 52.7 Å². The number of carbonyl (C=O) groups excluding carboxylic acids is 1. The first-order valence-electron chi connectivity index (χ1n) is 11.2. The van der Waals surface area contributed by atoms with Crippen LogP contribution in [-0.2, 0) is 16.1 Å². The van der Waals surface area contributed by atoms with Gasteiger partial charge in [0.15, 0.2) is 17.1 Å². The van der Waals surface area contributed by atoms with E-state index in [4.69, 9.17) is 21.1 Å². The molecule has 180 valence electrons. The number of thioether (sulfide) groups is 1. The van der Waals surface area contributed by atoms with Gasteiger partial charge in [0.05, 0.1) is 24.0 Å². The fourth-order valence-electron chi connectivity index (χ4n) is 3.69. The van der Waals surface area contributed by atoms with Crippen LogP contribution in [0.2, 0.25) is 5.02 Å². The van der Waals surface area contributed by atoms with E-state index in [-0.39, 0.29) is 17.8 Å². The summed E-state index contributed by atoms with van der Waals surface area (Å²) in [6.07, 6.45) is -0.347. The summed E-state index contributed by atoms with van der Waals surface area (Å²) in [6.45, 7) is 7.81. The second kappa shape index (κ2) is 11.6. The molecule has 1 N–H and O–H groups in total. The third-order valence-electron chi connectivity index (χ3n) is 5.43. The Hall–Kier alpha value is -2.75. The zero-order valence-corrected chi connectivity index (χ0v) is 20.8. The molecule has 0 aliphatic carbocycles. The molecule has 1 aromatic heterocycles. The number of rotatable bonds is 9. The molecule has 1 fully saturated rings. The van der Waals surface area contributed by atoms with Crippen molar-refractivity contribution in [3.8, 4) is 5.75 Å². The Morgan fingerprint density at radius 3 is 2.62 bits per heavy atom. The Morgan fingerprint density at radius 2 is 1.91 bits per heavy atom. The van der Waals surface area contributed by atoms with Gasteiger partial charge >= 0.3 is 0 Å². The second-order valence-electron chi connectivity index (χ2n) is 7.76. The number of hydrogen-bond acceptors (Lipinski definition) is 7. The Bertz CT molecular complexity index is 1100. The van der Waals surface area contributed by atoms with Crippen LogP contribution >= 0.6 is 23.4 Å². The molecule has 0 bridgehead atoms. The van der Waals surface area contributed by atoms with Crippen molar-refractivity contribution in [3.63, 3.8) is 0 Å². The number of anilines is 2. The van der Waals surface area contributed by atoms with Gasteiger partial charge in [0.1, 0.15) is 5.75 Å². The van der Waals surface area contributed by atoms with Gasteiger partial charge in [0, 0.05) is 31.0 Å². The summed E-state index contributed by atoms with van der Waals surface area (Å²) < 4.78 is 13.3. The molecule has 1 saturated heterocycles. The molecule has 0 saturated carbocycles. The van der Waals surface area contributed by atoms with Gasteiger partial charge in [0.2, 0.25) is 5.91 Å². The summed E-state index contributed by atoms with van der Waals surface area (Å²) in [5.74, 6) is 1.40. The second-order valence-corrected chi connectivity index (χ2v) is 9.11. The molecule has 2 aromatic carbocycles. The lowest BCUT2D eigenvalue weighted by Crippen LogP contribution is -2.36. The first-order valence-corrected chi connectivity index (χ1v) is 12.6. The van der Waals surface area contributed by atoms with E-state index in [0.29, 0.717) is 28.3 Å². The number of nitrogens with zero attached hydrogens (tertiary/aromatic N) is 4. The van der Waals surface area contributed by atoms with Gasteiger partial charge in [-0.2, -0.15) is 0 Å². The molecule has 1 aliphatic rings. The van der Waals surface area contributed by atoms with Gasteiger partial charge in [-0.15, -0.1) is 10.2 Å². The lowest BCUT2D eigenvalue weighted by Gasteiger charge is -2.28. The van der Waals surface area contributed by atoms with E-state index in [9.17, 15) is 4.79 Å². The number of benzene rings is 2. The summed E-state index contributed by atoms with van der Waals surface area (Å²) in [5.41, 5.74) is 1.90. The lowest BCUT2D eigenvalue weighted by atomic mass is 10.2. The van der Waals surface area contributed by atoms with Crippen LogP contribution in [0.1, 0.15) is 25.8 Å². The first-order chi connectivity index (χ1) is 16.5. The standard InChI is InChI=1S/C24H28ClN5O3S/c1-3-30-23(17(2)33-21-7-5-4-6-20(21)25)27-28-24(30)34-16-22(31)26-18-8-10-19(11-9-18)29-12-14-32-15-13-29/h4-11,17H,3,12-16H2,1-2H3,(H,26,31). The quantitative estimate of drug-likeness (QED) is 0.427. The minimum Gasteiger partial charge on any atom is -0.481 e. The number of aromatic nitrogens is 3. The number of hydrogen-bond donors (Lipinski definition) is 1. The maximum Gasteiger partial charge on any atom is 0.234 e. The Balaban J connectivity index is 1.33. The van der Waals surface area contributed by atoms with E-state index in [0.717, 1.165) is 37.7 Å². The average Bonchev–Trinajstić information content (AvgIpc) is 3.28. The minimum atomic E-state index is -0.347. The van der Waals surface area contributed by atoms with Gasteiger partial charge < -0.3 is 24.3 Å². The maximum absolute atomic E-state index is 12.5. The van der Waals surface area contributed by atoms with Gasteiger partial charge in [-0.25, -0.2) is 0 Å². The van der Waals surface area contributed by atoms with E-state index in [2.05, 4.69) is 20.4 Å². The SMILES string of the molecule is CCn1c(SCC(=O)Nc2ccc(N3CCOCC3)cc2)nnc1C(C)Oc1ccccc1Cl. The minimum absolute atomic E-state index is 0.100. The highest BCUT2D eigenvalue weighted by Gasteiger charge is 2.20. The summed E-state index contributed by atoms with van der Waals surface area (Å²) in [6, 6.07) is 15.2. The molecule has 2 heterocycles. The van der Waals surface area contributed by atoms with Gasteiger partial charge in [-0.1, -0.05) is 35.5 Å². The molecule has 0 spiro atoms. The van der Waals surface area contributed by atoms with Crippen molar-refractivity contribution in [2.75, 3.05) is 42.3 Å². The number of nitrogens with one attached hydrogen (secondary N) is 1. The van der Waals surface area contributed by atoms with Crippen molar-refractivity contribution >= 4 is 40.6 Å². The summed E-state index contributed by atoms with van der Waals surface area (Å²) >= 11 is 7.56. The van der Waals surface area contributed by atoms with E-state index >= 15 is 0 Å². The Morgan fingerprint density at radius 1 is 1.18 bits per heavy atom. The topological polar surface area (TPSA) is 81.5 Å². The zero-order valence-electron chi connectivity index (χ0n) is 19.2. The maximum atomic E-state index is 12.5. The van der Waals surface area contributed by atoms with Crippen molar-refractivity contribution in [1.29, 1.82) is 0 Å². The largest absolute Gasteiger partial charge is 0.481 e. The fraction of sp³-hybridized carbons (Fsp3) is 0.375. The highest BCUT2D eigenvalue weighted by atomic mass is 35.5. The van der Waals surface area contributed by atoms with E-state index in [1.165, 1.54) is 11.8 Å². The van der Waals surface area contributed by atoms with Crippen molar-refractivity contribution in [3.05, 3.63) is 59.4 Å². The van der Waals surface area contributed by atoms with Crippen molar-refractivity contribution < 1.29 is 14.3 Å². The van der Waals surface area contributed by atoms with Gasteiger partial charge in [-0.3, -0.25) is 4.79 Å². The smallest absolute Gasteiger partial charge is 0.234 e. The summed E-state index contributed by atoms with van der Waals surface area (Å²) in [4.78, 5) is 14.8. The van der Waals surface area contributed by atoms with Crippen LogP contribution in [0.15, 0.2) is 53.7 Å². The summed E-state index contributed by atoms with van der Waals surface area (Å²) in [7, 11) is 0. The van der Waals surface area contributed by atoms with Crippen LogP contribution in [0.25, 0.3) is 0 Å². The molecule has 4 rings (SSSR count). The molecule has 10 heteroatoms. The third-order valence-corrected chi connectivity index (χ3v) is 6.70. The van der Waals surface area contributed by atoms with Crippen molar-refractivity contribution in [1.82, 2.24) is 14.8 Å². The number of amides is 1. The molecule has 1 unspecified atom stereocenters. The predicted octanol–water partition coefficient (Wildman–Crippen LogP) is 4.66. The Labute approximate surface area is 208 Å². The first kappa shape index (κ1) is 24.4. The highest BCUT2D eigenvalue weighted by Crippen LogP contribution is 2.29. The molecule has 1 aliphatic heterocycles. The monoisotopic (exact) mass is 501 g/mol. The molecular weight excluding hydrogens is 474 g/mol. The molecule has 1 atom stereocenters. The molecule has 34 heavy (non-hydrogen) atoms. The molecule has 8 nitrogen and oxygen atoms in total. The molecule has 1 amide bonds. The van der Waals surface area contributed by atoms with Gasteiger partial charge in [-0.05, 0) is 50.2 Å². The number of halogens is 1. The summed E-state index contributed by atoms with van der Waals surface area (Å²) in [5, 5.41) is 12.8. The normalized spacial score (nSPS) is 14.6. The van der Waals surface area contributed by atoms with Gasteiger partial charge in [0.25, 0.3) is 0 Å². The molecule has 0 radical (unpaired) electrons. The third kappa shape index (κ3) is 6.02. The number of morpholine rings is 1. The average molecular weight is 502 g/mol. The number of carbonyl (C=O) groups is 1. The zero-order chi connectivity index (χ0) is 23.9. The van der Waals surface area contributed by atoms with Crippen LogP contribution in [0.3, 0.4) is 0 Å². The van der Waals surface area contributed by atoms with Crippen molar-refractivity contribution in [2.24, 2.45) is 0 Å². The van der Waals surface area contributed by atoms with Crippen LogP contribution in [0.5, 0.6) is 5.75 Å². The molecule has 3 aromatic rings. The predicted molar refractivity (Wildman–Crippen MR) is 135 cm³/mol. The van der Waals surface area contributed by atoms with E-state index in [1.807, 2.05) is 60.9 Å². The van der Waals surface area contributed by atoms with Crippen molar-refractivity contribution in [2.45, 2.75) is 31.7 Å². The van der Waals surface area contributed by atoms with Crippen LogP contribution in [0, 0.1) is 0 Å².